The second-order valence-corrected chi connectivity index (χ2v) is 8.60. The number of hydrogen-bond donors (Lipinski definition) is 1. The maximum atomic E-state index is 12.2. The molecule has 1 N–H and O–H groups in total. The third-order valence-corrected chi connectivity index (χ3v) is 6.57. The number of benzene rings is 1. The van der Waals surface area contributed by atoms with Gasteiger partial charge in [-0.3, -0.25) is 14.3 Å². The van der Waals surface area contributed by atoms with Crippen molar-refractivity contribution in [2.75, 3.05) is 27.4 Å². The van der Waals surface area contributed by atoms with Crippen molar-refractivity contribution < 1.29 is 14.3 Å². The summed E-state index contributed by atoms with van der Waals surface area (Å²) in [4.78, 5) is 20.8. The van der Waals surface area contributed by atoms with Gasteiger partial charge in [0.15, 0.2) is 11.0 Å². The van der Waals surface area contributed by atoms with Crippen molar-refractivity contribution in [1.82, 2.24) is 30.0 Å². The van der Waals surface area contributed by atoms with Crippen LogP contribution in [-0.4, -0.2) is 58.0 Å². The first kappa shape index (κ1) is 22.9. The zero-order valence-electron chi connectivity index (χ0n) is 18.1. The van der Waals surface area contributed by atoms with Crippen LogP contribution in [0.25, 0.3) is 17.1 Å². The van der Waals surface area contributed by atoms with Gasteiger partial charge in [0.1, 0.15) is 16.5 Å². The van der Waals surface area contributed by atoms with E-state index in [1.165, 1.54) is 23.1 Å². The summed E-state index contributed by atoms with van der Waals surface area (Å²) < 4.78 is 12.5. The molecular formula is C22H22N6O3S2. The number of para-hydroxylation sites is 2. The van der Waals surface area contributed by atoms with E-state index < -0.39 is 0 Å². The second-order valence-electron chi connectivity index (χ2n) is 6.71. The Bertz CT molecular complexity index is 1210. The van der Waals surface area contributed by atoms with Crippen molar-refractivity contribution in [2.45, 2.75) is 10.9 Å². The van der Waals surface area contributed by atoms with E-state index in [4.69, 9.17) is 9.47 Å². The fourth-order valence-corrected chi connectivity index (χ4v) is 4.78. The molecule has 3 heterocycles. The topological polar surface area (TPSA) is 104 Å². The van der Waals surface area contributed by atoms with Crippen molar-refractivity contribution in [3.8, 4) is 22.8 Å². The Labute approximate surface area is 199 Å². The van der Waals surface area contributed by atoms with Gasteiger partial charge >= 0.3 is 0 Å². The molecule has 4 rings (SSSR count). The van der Waals surface area contributed by atoms with Crippen molar-refractivity contribution in [3.05, 3.63) is 64.9 Å². The molecule has 0 saturated heterocycles. The minimum Gasteiger partial charge on any atom is -0.495 e. The Kier molecular flexibility index (Phi) is 7.66. The van der Waals surface area contributed by atoms with Crippen LogP contribution >= 0.6 is 23.1 Å². The number of aromatic nitrogens is 5. The Morgan fingerprint density at radius 3 is 2.76 bits per heavy atom. The molecule has 1 aromatic carbocycles. The molecule has 0 atom stereocenters. The van der Waals surface area contributed by atoms with Gasteiger partial charge in [0, 0.05) is 37.0 Å². The van der Waals surface area contributed by atoms with E-state index in [1.54, 1.807) is 32.0 Å². The number of carbonyl (C=O) groups is 1. The van der Waals surface area contributed by atoms with E-state index in [9.17, 15) is 4.79 Å². The van der Waals surface area contributed by atoms with Gasteiger partial charge in [0.2, 0.25) is 0 Å². The fourth-order valence-electron chi connectivity index (χ4n) is 3.05. The van der Waals surface area contributed by atoms with Gasteiger partial charge in [0.25, 0.3) is 5.91 Å². The zero-order valence-corrected chi connectivity index (χ0v) is 19.7. The van der Waals surface area contributed by atoms with E-state index in [0.29, 0.717) is 41.3 Å². The summed E-state index contributed by atoms with van der Waals surface area (Å²) in [7, 11) is 3.23. The predicted molar refractivity (Wildman–Crippen MR) is 127 cm³/mol. The first-order valence-electron chi connectivity index (χ1n) is 10.0. The predicted octanol–water partition coefficient (Wildman–Crippen LogP) is 3.46. The molecule has 0 spiro atoms. The molecule has 0 saturated carbocycles. The highest BCUT2D eigenvalue weighted by molar-refractivity contribution is 7.98. The molecule has 33 heavy (non-hydrogen) atoms. The molecule has 0 unspecified atom stereocenters. The van der Waals surface area contributed by atoms with Crippen LogP contribution in [0.3, 0.4) is 0 Å². The number of ether oxygens (including phenoxy) is 2. The van der Waals surface area contributed by atoms with Crippen LogP contribution in [0.2, 0.25) is 0 Å². The van der Waals surface area contributed by atoms with Crippen LogP contribution in [-0.2, 0) is 10.5 Å². The van der Waals surface area contributed by atoms with Crippen LogP contribution in [0.15, 0.2) is 59.3 Å². The van der Waals surface area contributed by atoms with Gasteiger partial charge in [-0.05, 0) is 24.3 Å². The second kappa shape index (κ2) is 11.0. The van der Waals surface area contributed by atoms with Gasteiger partial charge < -0.3 is 14.8 Å². The third kappa shape index (κ3) is 5.38. The monoisotopic (exact) mass is 482 g/mol. The highest BCUT2D eigenvalue weighted by Gasteiger charge is 2.19. The lowest BCUT2D eigenvalue weighted by molar-refractivity contribution is 0.0932. The summed E-state index contributed by atoms with van der Waals surface area (Å²) in [5, 5.41) is 14.9. The standard InChI is InChI=1S/C22H22N6O3S2/c1-30-12-11-24-21(29)16-13-32-19(25-16)14-33-22-27-26-20(15-7-9-23-10-8-15)28(22)17-5-3-4-6-18(17)31-2/h3-10,13H,11-12,14H2,1-2H3,(H,24,29). The summed E-state index contributed by atoms with van der Waals surface area (Å²) in [5.74, 6) is 1.72. The molecule has 0 fully saturated rings. The van der Waals surface area contributed by atoms with Gasteiger partial charge in [-0.15, -0.1) is 21.5 Å². The quantitative estimate of drug-likeness (QED) is 0.271. The molecule has 11 heteroatoms. The van der Waals surface area contributed by atoms with E-state index in [-0.39, 0.29) is 5.91 Å². The summed E-state index contributed by atoms with van der Waals surface area (Å²) in [6.45, 7) is 0.897. The summed E-state index contributed by atoms with van der Waals surface area (Å²) in [5.41, 5.74) is 2.12. The van der Waals surface area contributed by atoms with Crippen LogP contribution in [0, 0.1) is 0 Å². The van der Waals surface area contributed by atoms with Gasteiger partial charge in [0.05, 0.1) is 25.2 Å². The lowest BCUT2D eigenvalue weighted by atomic mass is 10.2. The number of carbonyl (C=O) groups excluding carboxylic acids is 1. The lowest BCUT2D eigenvalue weighted by Crippen LogP contribution is -2.27. The SMILES string of the molecule is COCCNC(=O)c1csc(CSc2nnc(-c3ccncc3)n2-c2ccccc2OC)n1. The highest BCUT2D eigenvalue weighted by atomic mass is 32.2. The zero-order chi connectivity index (χ0) is 23.0. The van der Waals surface area contributed by atoms with E-state index >= 15 is 0 Å². The Hall–Kier alpha value is -3.28. The maximum absolute atomic E-state index is 12.2. The van der Waals surface area contributed by atoms with E-state index in [2.05, 4.69) is 25.5 Å². The fraction of sp³-hybridized carbons (Fsp3) is 0.227. The first-order chi connectivity index (χ1) is 16.2. The van der Waals surface area contributed by atoms with Crippen LogP contribution in [0.1, 0.15) is 15.5 Å². The number of hydrogen-bond acceptors (Lipinski definition) is 9. The number of rotatable bonds is 10. The normalized spacial score (nSPS) is 10.8. The van der Waals surface area contributed by atoms with Crippen molar-refractivity contribution in [3.63, 3.8) is 0 Å². The first-order valence-corrected chi connectivity index (χ1v) is 11.9. The smallest absolute Gasteiger partial charge is 0.270 e. The van der Waals surface area contributed by atoms with Gasteiger partial charge in [-0.2, -0.15) is 0 Å². The third-order valence-electron chi connectivity index (χ3n) is 4.60. The van der Waals surface area contributed by atoms with Crippen LogP contribution in [0.4, 0.5) is 0 Å². The Balaban J connectivity index is 1.59. The number of thioether (sulfide) groups is 1. The molecule has 0 aliphatic carbocycles. The molecule has 170 valence electrons. The van der Waals surface area contributed by atoms with Crippen molar-refractivity contribution in [2.24, 2.45) is 0 Å². The molecule has 0 radical (unpaired) electrons. The number of nitrogens with one attached hydrogen (secondary N) is 1. The Morgan fingerprint density at radius 1 is 1.15 bits per heavy atom. The maximum Gasteiger partial charge on any atom is 0.270 e. The van der Waals surface area contributed by atoms with Crippen LogP contribution in [0.5, 0.6) is 5.75 Å². The van der Waals surface area contributed by atoms with Crippen molar-refractivity contribution in [1.29, 1.82) is 0 Å². The van der Waals surface area contributed by atoms with Crippen LogP contribution < -0.4 is 10.1 Å². The van der Waals surface area contributed by atoms with Gasteiger partial charge in [-0.1, -0.05) is 23.9 Å². The average molecular weight is 483 g/mol. The minimum absolute atomic E-state index is 0.211. The van der Waals surface area contributed by atoms with Gasteiger partial charge in [-0.25, -0.2) is 4.98 Å². The number of thiazole rings is 1. The van der Waals surface area contributed by atoms with E-state index in [1.807, 2.05) is 41.0 Å². The number of methoxy groups -OCH3 is 2. The highest BCUT2D eigenvalue weighted by Crippen LogP contribution is 2.33. The molecular weight excluding hydrogens is 460 g/mol. The average Bonchev–Trinajstić information content (AvgIpc) is 3.50. The molecule has 4 aromatic rings. The summed E-state index contributed by atoms with van der Waals surface area (Å²) >= 11 is 2.92. The lowest BCUT2D eigenvalue weighted by Gasteiger charge is -2.13. The summed E-state index contributed by atoms with van der Waals surface area (Å²) in [6.07, 6.45) is 3.44. The molecule has 3 aromatic heterocycles. The largest absolute Gasteiger partial charge is 0.495 e. The molecule has 0 aliphatic rings. The van der Waals surface area contributed by atoms with E-state index in [0.717, 1.165) is 16.3 Å². The number of amides is 1. The number of nitrogens with zero attached hydrogens (tertiary/aromatic N) is 5. The molecule has 0 aliphatic heterocycles. The summed E-state index contributed by atoms with van der Waals surface area (Å²) in [6, 6.07) is 11.5. The Morgan fingerprint density at radius 2 is 1.97 bits per heavy atom. The minimum atomic E-state index is -0.211. The number of pyridine rings is 1. The molecule has 1 amide bonds. The molecule has 9 nitrogen and oxygen atoms in total. The van der Waals surface area contributed by atoms with Crippen molar-refractivity contribution >= 4 is 29.0 Å². The molecule has 0 bridgehead atoms.